The highest BCUT2D eigenvalue weighted by Crippen LogP contribution is 2.13. The van der Waals surface area contributed by atoms with E-state index in [2.05, 4.69) is 10.6 Å². The summed E-state index contributed by atoms with van der Waals surface area (Å²) >= 11 is 0. The van der Waals surface area contributed by atoms with Crippen LogP contribution in [0.5, 0.6) is 0 Å². The minimum atomic E-state index is -1.03. The van der Waals surface area contributed by atoms with E-state index >= 15 is 0 Å². The van der Waals surface area contributed by atoms with E-state index in [0.717, 1.165) is 11.6 Å². The zero-order valence-corrected chi connectivity index (χ0v) is 15.1. The summed E-state index contributed by atoms with van der Waals surface area (Å²) in [4.78, 5) is 45.9. The van der Waals surface area contributed by atoms with Crippen molar-refractivity contribution in [2.75, 3.05) is 6.61 Å². The monoisotopic (exact) mass is 385 g/mol. The number of ether oxygens (including phenoxy) is 1. The van der Waals surface area contributed by atoms with Gasteiger partial charge in [-0.05, 0) is 18.6 Å². The zero-order valence-electron chi connectivity index (χ0n) is 15.1. The highest BCUT2D eigenvalue weighted by Gasteiger charge is 2.20. The number of nitro groups is 1. The molecule has 9 nitrogen and oxygen atoms in total. The second-order valence-electron chi connectivity index (χ2n) is 5.87. The molecule has 9 heteroatoms. The van der Waals surface area contributed by atoms with Crippen LogP contribution in [-0.4, -0.2) is 35.4 Å². The van der Waals surface area contributed by atoms with Gasteiger partial charge in [-0.1, -0.05) is 36.4 Å². The van der Waals surface area contributed by atoms with Crippen LogP contribution < -0.4 is 10.6 Å². The predicted molar refractivity (Wildman–Crippen MR) is 99.3 cm³/mol. The van der Waals surface area contributed by atoms with Gasteiger partial charge in [0.1, 0.15) is 6.04 Å². The SMILES string of the molecule is CC(NC(=O)c1cccc([N+](=O)[O-])c1)C(=O)OCC(=O)NCc1ccccc1. The Morgan fingerprint density at radius 1 is 1.11 bits per heavy atom. The standard InChI is InChI=1S/C19H19N3O6/c1-13(21-18(24)15-8-5-9-16(10-15)22(26)27)19(25)28-12-17(23)20-11-14-6-3-2-4-7-14/h2-10,13H,11-12H2,1H3,(H,20,23)(H,21,24). The number of carbonyl (C=O) groups excluding carboxylic acids is 3. The van der Waals surface area contributed by atoms with Crippen LogP contribution in [-0.2, 0) is 20.9 Å². The maximum atomic E-state index is 12.1. The van der Waals surface area contributed by atoms with Crippen LogP contribution >= 0.6 is 0 Å². The average molecular weight is 385 g/mol. The number of non-ortho nitro benzene ring substituents is 1. The maximum absolute atomic E-state index is 12.1. The second kappa shape index (κ2) is 9.81. The Bertz CT molecular complexity index is 869. The third kappa shape index (κ3) is 6.20. The van der Waals surface area contributed by atoms with Gasteiger partial charge in [0.2, 0.25) is 0 Å². The van der Waals surface area contributed by atoms with Crippen molar-refractivity contribution in [1.82, 2.24) is 10.6 Å². The van der Waals surface area contributed by atoms with E-state index in [1.54, 1.807) is 0 Å². The van der Waals surface area contributed by atoms with Gasteiger partial charge in [-0.15, -0.1) is 0 Å². The lowest BCUT2D eigenvalue weighted by atomic mass is 10.2. The summed E-state index contributed by atoms with van der Waals surface area (Å²) in [6.45, 7) is 1.21. The molecule has 1 atom stereocenters. The molecular weight excluding hydrogens is 366 g/mol. The Morgan fingerprint density at radius 2 is 1.82 bits per heavy atom. The van der Waals surface area contributed by atoms with Crippen LogP contribution in [0.15, 0.2) is 54.6 Å². The number of amides is 2. The van der Waals surface area contributed by atoms with Crippen molar-refractivity contribution in [3.8, 4) is 0 Å². The molecule has 2 amide bonds. The molecule has 0 aliphatic rings. The largest absolute Gasteiger partial charge is 0.454 e. The molecule has 0 radical (unpaired) electrons. The minimum absolute atomic E-state index is 0.0365. The summed E-state index contributed by atoms with van der Waals surface area (Å²) in [6, 6.07) is 13.3. The van der Waals surface area contributed by atoms with Gasteiger partial charge in [0, 0.05) is 24.2 Å². The number of nitrogens with zero attached hydrogens (tertiary/aromatic N) is 1. The molecule has 2 aromatic rings. The Kier molecular flexibility index (Phi) is 7.21. The summed E-state index contributed by atoms with van der Waals surface area (Å²) in [6.07, 6.45) is 0. The van der Waals surface area contributed by atoms with E-state index in [-0.39, 0.29) is 11.3 Å². The van der Waals surface area contributed by atoms with Gasteiger partial charge < -0.3 is 15.4 Å². The fourth-order valence-corrected chi connectivity index (χ4v) is 2.21. The first-order chi connectivity index (χ1) is 13.4. The lowest BCUT2D eigenvalue weighted by Gasteiger charge is -2.13. The number of hydrogen-bond acceptors (Lipinski definition) is 6. The number of benzene rings is 2. The van der Waals surface area contributed by atoms with E-state index in [9.17, 15) is 24.5 Å². The minimum Gasteiger partial charge on any atom is -0.454 e. The van der Waals surface area contributed by atoms with Crippen molar-refractivity contribution in [3.63, 3.8) is 0 Å². The molecule has 0 saturated carbocycles. The molecule has 0 spiro atoms. The molecule has 0 aromatic heterocycles. The van der Waals surface area contributed by atoms with Gasteiger partial charge in [0.15, 0.2) is 6.61 Å². The first kappa shape index (κ1) is 20.6. The fraction of sp³-hybridized carbons (Fsp3) is 0.211. The van der Waals surface area contributed by atoms with Crippen molar-refractivity contribution < 1.29 is 24.0 Å². The van der Waals surface area contributed by atoms with Gasteiger partial charge in [0.25, 0.3) is 17.5 Å². The highest BCUT2D eigenvalue weighted by molar-refractivity contribution is 5.97. The third-order valence-corrected chi connectivity index (χ3v) is 3.70. The van der Waals surface area contributed by atoms with Gasteiger partial charge in [-0.3, -0.25) is 19.7 Å². The number of esters is 1. The van der Waals surface area contributed by atoms with E-state index in [1.807, 2.05) is 30.3 Å². The van der Waals surface area contributed by atoms with Gasteiger partial charge in [-0.25, -0.2) is 4.79 Å². The van der Waals surface area contributed by atoms with E-state index in [0.29, 0.717) is 6.54 Å². The Morgan fingerprint density at radius 3 is 2.50 bits per heavy atom. The number of rotatable bonds is 8. The molecule has 0 aliphatic heterocycles. The topological polar surface area (TPSA) is 128 Å². The number of nitro benzene ring substituents is 1. The normalized spacial score (nSPS) is 11.2. The molecule has 0 saturated heterocycles. The summed E-state index contributed by atoms with van der Waals surface area (Å²) in [5, 5.41) is 15.7. The molecule has 2 aromatic carbocycles. The number of hydrogen-bond donors (Lipinski definition) is 2. The van der Waals surface area contributed by atoms with Crippen molar-refractivity contribution >= 4 is 23.5 Å². The highest BCUT2D eigenvalue weighted by atomic mass is 16.6. The van der Waals surface area contributed by atoms with Crippen molar-refractivity contribution in [1.29, 1.82) is 0 Å². The van der Waals surface area contributed by atoms with Crippen molar-refractivity contribution in [2.24, 2.45) is 0 Å². The van der Waals surface area contributed by atoms with Gasteiger partial charge in [-0.2, -0.15) is 0 Å². The second-order valence-corrected chi connectivity index (χ2v) is 5.87. The van der Waals surface area contributed by atoms with E-state index in [4.69, 9.17) is 4.74 Å². The Labute approximate surface area is 160 Å². The van der Waals surface area contributed by atoms with Crippen LogP contribution in [0.2, 0.25) is 0 Å². The molecule has 146 valence electrons. The van der Waals surface area contributed by atoms with Crippen LogP contribution in [0, 0.1) is 10.1 Å². The average Bonchev–Trinajstić information content (AvgIpc) is 2.71. The Hall–Kier alpha value is -3.75. The molecule has 2 N–H and O–H groups in total. The number of carbonyl (C=O) groups is 3. The molecule has 1 unspecified atom stereocenters. The quantitative estimate of drug-likeness (QED) is 0.403. The first-order valence-corrected chi connectivity index (χ1v) is 8.39. The smallest absolute Gasteiger partial charge is 0.328 e. The maximum Gasteiger partial charge on any atom is 0.328 e. The molecule has 0 aliphatic carbocycles. The van der Waals surface area contributed by atoms with Crippen LogP contribution in [0.25, 0.3) is 0 Å². The fourth-order valence-electron chi connectivity index (χ4n) is 2.21. The van der Waals surface area contributed by atoms with E-state index < -0.39 is 35.4 Å². The summed E-state index contributed by atoms with van der Waals surface area (Å²) in [5.74, 6) is -1.94. The molecule has 0 bridgehead atoms. The summed E-state index contributed by atoms with van der Waals surface area (Å²) in [7, 11) is 0. The lowest BCUT2D eigenvalue weighted by molar-refractivity contribution is -0.384. The van der Waals surface area contributed by atoms with Crippen LogP contribution in [0.4, 0.5) is 5.69 Å². The lowest BCUT2D eigenvalue weighted by Crippen LogP contribution is -2.41. The Balaban J connectivity index is 1.79. The zero-order chi connectivity index (χ0) is 20.5. The molecule has 0 heterocycles. The van der Waals surface area contributed by atoms with Gasteiger partial charge >= 0.3 is 5.97 Å². The van der Waals surface area contributed by atoms with E-state index in [1.165, 1.54) is 25.1 Å². The third-order valence-electron chi connectivity index (χ3n) is 3.70. The molecular formula is C19H19N3O6. The first-order valence-electron chi connectivity index (χ1n) is 8.39. The number of nitrogens with one attached hydrogen (secondary N) is 2. The molecule has 28 heavy (non-hydrogen) atoms. The van der Waals surface area contributed by atoms with Crippen molar-refractivity contribution in [2.45, 2.75) is 19.5 Å². The molecule has 2 rings (SSSR count). The van der Waals surface area contributed by atoms with Crippen LogP contribution in [0.3, 0.4) is 0 Å². The summed E-state index contributed by atoms with van der Waals surface area (Å²) in [5.41, 5.74) is 0.701. The van der Waals surface area contributed by atoms with Crippen LogP contribution in [0.1, 0.15) is 22.8 Å². The predicted octanol–water partition coefficient (Wildman–Crippen LogP) is 1.57. The summed E-state index contributed by atoms with van der Waals surface area (Å²) < 4.78 is 4.88. The van der Waals surface area contributed by atoms with Gasteiger partial charge in [0.05, 0.1) is 4.92 Å². The molecule has 0 fully saturated rings. The van der Waals surface area contributed by atoms with Crippen molar-refractivity contribution in [3.05, 3.63) is 75.8 Å².